The van der Waals surface area contributed by atoms with E-state index in [9.17, 15) is 4.79 Å². The summed E-state index contributed by atoms with van der Waals surface area (Å²) in [5.41, 5.74) is 2.46. The number of carbonyl (C=O) groups excluding carboxylic acids is 1. The molecule has 0 spiro atoms. The molecule has 4 rings (SSSR count). The van der Waals surface area contributed by atoms with Crippen LogP contribution in [0.15, 0.2) is 35.4 Å². The van der Waals surface area contributed by atoms with Gasteiger partial charge < -0.3 is 0 Å². The lowest BCUT2D eigenvalue weighted by atomic mass is 9.64. The van der Waals surface area contributed by atoms with Gasteiger partial charge in [-0.2, -0.15) is 0 Å². The molecule has 4 atom stereocenters. The SMILES string of the molecule is O=C1C[C@H]2C[C@@H]1[C@@H]1C(c3ccccc3)=C(Cl)[C@H]21. The van der Waals surface area contributed by atoms with E-state index in [1.165, 1.54) is 11.1 Å². The van der Waals surface area contributed by atoms with Crippen LogP contribution in [0.25, 0.3) is 5.57 Å². The Morgan fingerprint density at radius 1 is 1.12 bits per heavy atom. The van der Waals surface area contributed by atoms with E-state index >= 15 is 0 Å². The zero-order valence-corrected chi connectivity index (χ0v) is 10.2. The Balaban J connectivity index is 1.79. The van der Waals surface area contributed by atoms with Gasteiger partial charge in [-0.05, 0) is 23.5 Å². The lowest BCUT2D eigenvalue weighted by Crippen LogP contribution is -2.36. The molecule has 0 saturated heterocycles. The van der Waals surface area contributed by atoms with E-state index in [-0.39, 0.29) is 5.92 Å². The van der Waals surface area contributed by atoms with Crippen molar-refractivity contribution in [2.24, 2.45) is 23.7 Å². The van der Waals surface area contributed by atoms with Crippen molar-refractivity contribution in [2.45, 2.75) is 12.8 Å². The Morgan fingerprint density at radius 3 is 2.65 bits per heavy atom. The van der Waals surface area contributed by atoms with Gasteiger partial charge in [0.2, 0.25) is 0 Å². The van der Waals surface area contributed by atoms with Gasteiger partial charge in [0.1, 0.15) is 5.78 Å². The number of hydrogen-bond acceptors (Lipinski definition) is 1. The molecular formula is C15H13ClO. The van der Waals surface area contributed by atoms with E-state index in [0.717, 1.165) is 17.9 Å². The number of fused-ring (bicyclic) bond motifs is 5. The molecule has 0 heterocycles. The smallest absolute Gasteiger partial charge is 0.136 e. The lowest BCUT2D eigenvalue weighted by Gasteiger charge is -2.42. The summed E-state index contributed by atoms with van der Waals surface area (Å²) in [6, 6.07) is 10.3. The average Bonchev–Trinajstić information content (AvgIpc) is 2.83. The predicted octanol–water partition coefficient (Wildman–Crippen LogP) is 3.49. The topological polar surface area (TPSA) is 17.1 Å². The van der Waals surface area contributed by atoms with Gasteiger partial charge in [0.15, 0.2) is 0 Å². The first kappa shape index (κ1) is 9.90. The summed E-state index contributed by atoms with van der Waals surface area (Å²) >= 11 is 6.46. The average molecular weight is 245 g/mol. The Bertz CT molecular complexity index is 531. The molecule has 17 heavy (non-hydrogen) atoms. The van der Waals surface area contributed by atoms with Gasteiger partial charge >= 0.3 is 0 Å². The first-order valence-corrected chi connectivity index (χ1v) is 6.63. The molecule has 86 valence electrons. The number of halogens is 1. The highest BCUT2D eigenvalue weighted by Gasteiger charge is 2.60. The molecule has 1 nitrogen and oxygen atoms in total. The standard InChI is InChI=1S/C15H13ClO/c16-15-12(8-4-2-1-3-5-8)14-10-6-9(13(14)15)7-11(10)17/h1-5,9-10,13-14H,6-7H2/t9-,10+,13-,14-/m1/s1. The van der Waals surface area contributed by atoms with Gasteiger partial charge in [-0.3, -0.25) is 4.79 Å². The second kappa shape index (κ2) is 3.23. The summed E-state index contributed by atoms with van der Waals surface area (Å²) in [4.78, 5) is 11.8. The second-order valence-electron chi connectivity index (χ2n) is 5.45. The van der Waals surface area contributed by atoms with Crippen molar-refractivity contribution in [3.05, 3.63) is 40.9 Å². The van der Waals surface area contributed by atoms with Gasteiger partial charge in [0.25, 0.3) is 0 Å². The van der Waals surface area contributed by atoms with E-state index in [2.05, 4.69) is 12.1 Å². The van der Waals surface area contributed by atoms with Crippen LogP contribution in [-0.4, -0.2) is 5.78 Å². The first-order chi connectivity index (χ1) is 8.27. The molecule has 2 bridgehead atoms. The normalized spacial score (nSPS) is 38.3. The number of carbonyl (C=O) groups is 1. The number of hydrogen-bond donors (Lipinski definition) is 0. The fourth-order valence-electron chi connectivity index (χ4n) is 4.05. The minimum absolute atomic E-state index is 0.266. The summed E-state index contributed by atoms with van der Waals surface area (Å²) in [5, 5.41) is 1.03. The van der Waals surface area contributed by atoms with Crippen LogP contribution < -0.4 is 0 Å². The monoisotopic (exact) mass is 244 g/mol. The van der Waals surface area contributed by atoms with E-state index < -0.39 is 0 Å². The third-order valence-corrected chi connectivity index (χ3v) is 5.19. The summed E-state index contributed by atoms with van der Waals surface area (Å²) in [6.07, 6.45) is 1.84. The molecule has 2 fully saturated rings. The van der Waals surface area contributed by atoms with Crippen molar-refractivity contribution in [3.8, 4) is 0 Å². The molecule has 0 radical (unpaired) electrons. The molecule has 1 aromatic carbocycles. The van der Waals surface area contributed by atoms with Crippen LogP contribution in [0.3, 0.4) is 0 Å². The number of ketones is 1. The van der Waals surface area contributed by atoms with E-state index in [0.29, 0.717) is 23.5 Å². The van der Waals surface area contributed by atoms with Gasteiger partial charge in [0, 0.05) is 29.2 Å². The minimum Gasteiger partial charge on any atom is -0.299 e. The molecular weight excluding hydrogens is 232 g/mol. The van der Waals surface area contributed by atoms with Crippen LogP contribution in [0.4, 0.5) is 0 Å². The van der Waals surface area contributed by atoms with Crippen LogP contribution in [-0.2, 0) is 4.79 Å². The zero-order chi connectivity index (χ0) is 11.6. The zero-order valence-electron chi connectivity index (χ0n) is 9.40. The van der Waals surface area contributed by atoms with Crippen molar-refractivity contribution < 1.29 is 4.79 Å². The highest BCUT2D eigenvalue weighted by molar-refractivity contribution is 6.35. The summed E-state index contributed by atoms with van der Waals surface area (Å²) in [5.74, 6) is 2.19. The maximum absolute atomic E-state index is 11.8. The molecule has 0 amide bonds. The number of rotatable bonds is 1. The molecule has 3 aliphatic carbocycles. The van der Waals surface area contributed by atoms with E-state index in [4.69, 9.17) is 11.6 Å². The van der Waals surface area contributed by atoms with Gasteiger partial charge in [-0.15, -0.1) is 0 Å². The lowest BCUT2D eigenvalue weighted by molar-refractivity contribution is -0.123. The van der Waals surface area contributed by atoms with Gasteiger partial charge in [-0.25, -0.2) is 0 Å². The van der Waals surface area contributed by atoms with Crippen molar-refractivity contribution in [2.75, 3.05) is 0 Å². The van der Waals surface area contributed by atoms with E-state index in [1.807, 2.05) is 18.2 Å². The maximum Gasteiger partial charge on any atom is 0.136 e. The Hall–Kier alpha value is -1.08. The summed E-state index contributed by atoms with van der Waals surface area (Å²) in [7, 11) is 0. The van der Waals surface area contributed by atoms with Gasteiger partial charge in [-0.1, -0.05) is 41.9 Å². The molecule has 2 heteroatoms. The van der Waals surface area contributed by atoms with Crippen LogP contribution in [0.2, 0.25) is 0 Å². The Labute approximate surface area is 105 Å². The number of allylic oxidation sites excluding steroid dienone is 2. The second-order valence-corrected chi connectivity index (χ2v) is 5.86. The van der Waals surface area contributed by atoms with Crippen LogP contribution in [0.1, 0.15) is 18.4 Å². The van der Waals surface area contributed by atoms with Crippen molar-refractivity contribution in [1.82, 2.24) is 0 Å². The number of benzene rings is 1. The molecule has 0 aliphatic heterocycles. The minimum atomic E-state index is 0.266. The maximum atomic E-state index is 11.8. The highest BCUT2D eigenvalue weighted by atomic mass is 35.5. The van der Waals surface area contributed by atoms with Crippen LogP contribution >= 0.6 is 11.6 Å². The largest absolute Gasteiger partial charge is 0.299 e. The third kappa shape index (κ3) is 1.13. The highest BCUT2D eigenvalue weighted by Crippen LogP contribution is 2.65. The third-order valence-electron chi connectivity index (χ3n) is 4.73. The molecule has 2 saturated carbocycles. The summed E-state index contributed by atoms with van der Waals surface area (Å²) < 4.78 is 0. The predicted molar refractivity (Wildman–Crippen MR) is 67.4 cm³/mol. The number of Topliss-reactive ketones (excluding diaryl/α,β-unsaturated/α-hetero) is 1. The van der Waals surface area contributed by atoms with Crippen molar-refractivity contribution in [3.63, 3.8) is 0 Å². The quantitative estimate of drug-likeness (QED) is 0.739. The Kier molecular flexibility index (Phi) is 1.88. The van der Waals surface area contributed by atoms with Gasteiger partial charge in [0.05, 0.1) is 0 Å². The fraction of sp³-hybridized carbons (Fsp3) is 0.400. The van der Waals surface area contributed by atoms with Crippen molar-refractivity contribution in [1.29, 1.82) is 0 Å². The fourth-order valence-corrected chi connectivity index (χ4v) is 4.60. The first-order valence-electron chi connectivity index (χ1n) is 6.25. The molecule has 3 aliphatic rings. The molecule has 0 aromatic heterocycles. The van der Waals surface area contributed by atoms with Crippen molar-refractivity contribution >= 4 is 23.0 Å². The van der Waals surface area contributed by atoms with Crippen LogP contribution in [0, 0.1) is 23.7 Å². The molecule has 1 aromatic rings. The molecule has 0 unspecified atom stereocenters. The van der Waals surface area contributed by atoms with E-state index in [1.54, 1.807) is 0 Å². The molecule has 0 N–H and O–H groups in total. The summed E-state index contributed by atoms with van der Waals surface area (Å²) in [6.45, 7) is 0. The Morgan fingerprint density at radius 2 is 1.88 bits per heavy atom. The van der Waals surface area contributed by atoms with Crippen LogP contribution in [0.5, 0.6) is 0 Å².